The molecule has 1 aromatic heterocycles. The number of hydrogen-bond acceptors (Lipinski definition) is 3. The Labute approximate surface area is 84.4 Å². The van der Waals surface area contributed by atoms with E-state index in [0.717, 1.165) is 13.1 Å². The van der Waals surface area contributed by atoms with Gasteiger partial charge in [-0.2, -0.15) is 0 Å². The summed E-state index contributed by atoms with van der Waals surface area (Å²) < 4.78 is 0. The molecule has 0 aromatic carbocycles. The number of nitrogens with one attached hydrogen (secondary N) is 2. The average molecular weight is 198 g/mol. The van der Waals surface area contributed by atoms with Crippen LogP contribution < -0.4 is 10.6 Å². The molecule has 1 rings (SSSR count). The van der Waals surface area contributed by atoms with Gasteiger partial charge in [0.05, 0.1) is 0 Å². The van der Waals surface area contributed by atoms with Crippen LogP contribution in [0.5, 0.6) is 0 Å². The first-order valence-corrected chi connectivity index (χ1v) is 5.44. The smallest absolute Gasteiger partial charge is 0.0300 e. The van der Waals surface area contributed by atoms with Crippen LogP contribution in [0.3, 0.4) is 0 Å². The van der Waals surface area contributed by atoms with E-state index in [0.29, 0.717) is 0 Å². The lowest BCUT2D eigenvalue weighted by atomic mass is 10.1. The van der Waals surface area contributed by atoms with Crippen molar-refractivity contribution in [2.24, 2.45) is 0 Å². The molecule has 74 valence electrons. The zero-order valence-corrected chi connectivity index (χ0v) is 9.37. The molecule has 0 amide bonds. The molecule has 0 aliphatic rings. The molecule has 3 heteroatoms. The molecule has 2 nitrogen and oxygen atoms in total. The van der Waals surface area contributed by atoms with Gasteiger partial charge in [0.2, 0.25) is 0 Å². The van der Waals surface area contributed by atoms with E-state index in [-0.39, 0.29) is 5.54 Å². The lowest BCUT2D eigenvalue weighted by molar-refractivity contribution is 0.394. The van der Waals surface area contributed by atoms with Crippen molar-refractivity contribution in [3.63, 3.8) is 0 Å². The Morgan fingerprint density at radius 2 is 2.23 bits per heavy atom. The van der Waals surface area contributed by atoms with Gasteiger partial charge in [-0.15, -0.1) is 11.3 Å². The topological polar surface area (TPSA) is 24.1 Å². The molecule has 0 spiro atoms. The van der Waals surface area contributed by atoms with Gasteiger partial charge < -0.3 is 10.6 Å². The zero-order valence-electron chi connectivity index (χ0n) is 8.55. The van der Waals surface area contributed by atoms with Gasteiger partial charge in [0.1, 0.15) is 0 Å². The van der Waals surface area contributed by atoms with Crippen LogP contribution in [0.25, 0.3) is 0 Å². The van der Waals surface area contributed by atoms with Crippen molar-refractivity contribution in [3.8, 4) is 0 Å². The fourth-order valence-corrected chi connectivity index (χ4v) is 1.67. The lowest BCUT2D eigenvalue weighted by Gasteiger charge is -2.24. The molecular formula is C10H18N2S. The first-order valence-electron chi connectivity index (χ1n) is 4.56. The van der Waals surface area contributed by atoms with Gasteiger partial charge in [0.15, 0.2) is 0 Å². The maximum Gasteiger partial charge on any atom is 0.0300 e. The van der Waals surface area contributed by atoms with Gasteiger partial charge in [0, 0.05) is 23.5 Å². The van der Waals surface area contributed by atoms with E-state index in [9.17, 15) is 0 Å². The van der Waals surface area contributed by atoms with E-state index < -0.39 is 0 Å². The maximum atomic E-state index is 3.43. The zero-order chi connectivity index (χ0) is 9.73. The van der Waals surface area contributed by atoms with Crippen molar-refractivity contribution in [1.82, 2.24) is 10.6 Å². The Bertz CT molecular complexity index is 229. The van der Waals surface area contributed by atoms with Crippen molar-refractivity contribution >= 4 is 11.3 Å². The van der Waals surface area contributed by atoms with E-state index in [1.54, 1.807) is 11.3 Å². The van der Waals surface area contributed by atoms with E-state index in [2.05, 4.69) is 42.0 Å². The predicted octanol–water partition coefficient (Wildman–Crippen LogP) is 1.84. The van der Waals surface area contributed by atoms with Crippen LogP contribution >= 0.6 is 11.3 Å². The van der Waals surface area contributed by atoms with Crippen molar-refractivity contribution < 1.29 is 0 Å². The molecule has 0 saturated heterocycles. The molecular weight excluding hydrogens is 180 g/mol. The first kappa shape index (κ1) is 10.7. The number of rotatable bonds is 5. The summed E-state index contributed by atoms with van der Waals surface area (Å²) in [5, 5.41) is 8.80. The van der Waals surface area contributed by atoms with Crippen LogP contribution in [0.15, 0.2) is 17.5 Å². The van der Waals surface area contributed by atoms with E-state index in [1.807, 2.05) is 7.05 Å². The SMILES string of the molecule is CNC(C)(C)CNCc1cccs1. The van der Waals surface area contributed by atoms with E-state index in [1.165, 1.54) is 4.88 Å². The summed E-state index contributed by atoms with van der Waals surface area (Å²) in [6.07, 6.45) is 0. The molecule has 0 saturated carbocycles. The second-order valence-corrected chi connectivity index (χ2v) is 4.85. The van der Waals surface area contributed by atoms with Crippen LogP contribution in [0.1, 0.15) is 18.7 Å². The molecule has 0 atom stereocenters. The Morgan fingerprint density at radius 3 is 2.77 bits per heavy atom. The Morgan fingerprint density at radius 1 is 1.46 bits per heavy atom. The number of hydrogen-bond donors (Lipinski definition) is 2. The van der Waals surface area contributed by atoms with Gasteiger partial charge in [-0.3, -0.25) is 0 Å². The first-order chi connectivity index (χ1) is 6.14. The summed E-state index contributed by atoms with van der Waals surface area (Å²) in [4.78, 5) is 1.40. The van der Waals surface area contributed by atoms with Crippen LogP contribution in [0, 0.1) is 0 Å². The molecule has 1 heterocycles. The van der Waals surface area contributed by atoms with Crippen molar-refractivity contribution in [3.05, 3.63) is 22.4 Å². The third-order valence-electron chi connectivity index (χ3n) is 2.12. The Balaban J connectivity index is 2.21. The van der Waals surface area contributed by atoms with Gasteiger partial charge in [-0.25, -0.2) is 0 Å². The van der Waals surface area contributed by atoms with Crippen LogP contribution in [0.4, 0.5) is 0 Å². The highest BCUT2D eigenvalue weighted by atomic mass is 32.1. The second-order valence-electron chi connectivity index (χ2n) is 3.82. The van der Waals surface area contributed by atoms with Crippen LogP contribution in [-0.2, 0) is 6.54 Å². The molecule has 0 unspecified atom stereocenters. The van der Waals surface area contributed by atoms with E-state index in [4.69, 9.17) is 0 Å². The molecule has 0 radical (unpaired) electrons. The fourth-order valence-electron chi connectivity index (χ4n) is 1.000. The molecule has 1 aromatic rings. The largest absolute Gasteiger partial charge is 0.314 e. The Hall–Kier alpha value is -0.380. The highest BCUT2D eigenvalue weighted by Crippen LogP contribution is 2.08. The van der Waals surface area contributed by atoms with Crippen molar-refractivity contribution in [1.29, 1.82) is 0 Å². The third kappa shape index (κ3) is 3.89. The second kappa shape index (κ2) is 4.74. The Kier molecular flexibility index (Phi) is 3.90. The normalized spacial score (nSPS) is 11.9. The highest BCUT2D eigenvalue weighted by molar-refractivity contribution is 7.09. The average Bonchev–Trinajstić information content (AvgIpc) is 2.57. The highest BCUT2D eigenvalue weighted by Gasteiger charge is 2.12. The van der Waals surface area contributed by atoms with Crippen LogP contribution in [-0.4, -0.2) is 19.1 Å². The summed E-state index contributed by atoms with van der Waals surface area (Å²) in [5.41, 5.74) is 0.178. The third-order valence-corrected chi connectivity index (χ3v) is 3.00. The summed E-state index contributed by atoms with van der Waals surface area (Å²) in [7, 11) is 1.99. The van der Waals surface area contributed by atoms with Gasteiger partial charge in [0.25, 0.3) is 0 Å². The van der Waals surface area contributed by atoms with Gasteiger partial charge in [-0.1, -0.05) is 6.07 Å². The van der Waals surface area contributed by atoms with Gasteiger partial charge >= 0.3 is 0 Å². The fraction of sp³-hybridized carbons (Fsp3) is 0.600. The molecule has 0 aliphatic heterocycles. The monoisotopic (exact) mass is 198 g/mol. The summed E-state index contributed by atoms with van der Waals surface area (Å²) in [6, 6.07) is 4.24. The quantitative estimate of drug-likeness (QED) is 0.754. The standard InChI is InChI=1S/C10H18N2S/c1-10(2,11-3)8-12-7-9-5-4-6-13-9/h4-6,11-12H,7-8H2,1-3H3. The predicted molar refractivity (Wildman–Crippen MR) is 59.2 cm³/mol. The number of likely N-dealkylation sites (N-methyl/N-ethyl adjacent to an activating group) is 1. The molecule has 13 heavy (non-hydrogen) atoms. The van der Waals surface area contributed by atoms with Crippen LogP contribution in [0.2, 0.25) is 0 Å². The van der Waals surface area contributed by atoms with Crippen molar-refractivity contribution in [2.45, 2.75) is 25.9 Å². The molecule has 2 N–H and O–H groups in total. The van der Waals surface area contributed by atoms with E-state index >= 15 is 0 Å². The minimum absolute atomic E-state index is 0.178. The lowest BCUT2D eigenvalue weighted by Crippen LogP contribution is -2.45. The van der Waals surface area contributed by atoms with Crippen molar-refractivity contribution in [2.75, 3.05) is 13.6 Å². The maximum absolute atomic E-state index is 3.43. The molecule has 0 aliphatic carbocycles. The number of thiophene rings is 1. The van der Waals surface area contributed by atoms with Gasteiger partial charge in [-0.05, 0) is 32.3 Å². The molecule has 0 bridgehead atoms. The minimum atomic E-state index is 0.178. The summed E-state index contributed by atoms with van der Waals surface area (Å²) in [6.45, 7) is 6.34. The summed E-state index contributed by atoms with van der Waals surface area (Å²) >= 11 is 1.80. The molecule has 0 fully saturated rings. The minimum Gasteiger partial charge on any atom is -0.314 e. The summed E-state index contributed by atoms with van der Waals surface area (Å²) in [5.74, 6) is 0.